The smallest absolute Gasteiger partial charge is 0.123 e. The van der Waals surface area contributed by atoms with Crippen molar-refractivity contribution in [2.45, 2.75) is 12.7 Å². The second-order valence-electron chi connectivity index (χ2n) is 4.37. The third kappa shape index (κ3) is 3.83. The fourth-order valence-electron chi connectivity index (χ4n) is 1.52. The van der Waals surface area contributed by atoms with E-state index in [1.165, 1.54) is 11.3 Å². The van der Waals surface area contributed by atoms with E-state index in [1.54, 1.807) is 11.3 Å². The second kappa shape index (κ2) is 6.92. The minimum absolute atomic E-state index is 0.585. The summed E-state index contributed by atoms with van der Waals surface area (Å²) in [5, 5.41) is 3.26. The van der Waals surface area contributed by atoms with Crippen LogP contribution in [-0.2, 0) is 5.75 Å². The van der Waals surface area contributed by atoms with Crippen molar-refractivity contribution in [3.8, 4) is 10.6 Å². The number of nitrogens with zero attached hydrogens (tertiary/aromatic N) is 1. The molecule has 1 heterocycles. The zero-order chi connectivity index (χ0) is 12.8. The summed E-state index contributed by atoms with van der Waals surface area (Å²) in [4.78, 5) is 4.67. The molecule has 0 saturated heterocycles. The summed E-state index contributed by atoms with van der Waals surface area (Å²) in [6.45, 7) is 2.95. The van der Waals surface area contributed by atoms with Crippen LogP contribution in [0.3, 0.4) is 0 Å². The molecule has 0 spiro atoms. The lowest BCUT2D eigenvalue weighted by Crippen LogP contribution is -2.12. The van der Waals surface area contributed by atoms with E-state index in [9.17, 15) is 0 Å². The monoisotopic (exact) mass is 278 g/mol. The number of hydrogen-bond acceptors (Lipinski definition) is 4. The summed E-state index contributed by atoms with van der Waals surface area (Å²) in [6.07, 6.45) is 0. The Kier molecular flexibility index (Phi) is 5.23. The molecule has 1 aromatic heterocycles. The molecular weight excluding hydrogens is 260 g/mol. The van der Waals surface area contributed by atoms with Gasteiger partial charge >= 0.3 is 0 Å². The van der Waals surface area contributed by atoms with Crippen LogP contribution in [0.25, 0.3) is 10.6 Å². The predicted octanol–water partition coefficient (Wildman–Crippen LogP) is 3.64. The summed E-state index contributed by atoms with van der Waals surface area (Å²) < 4.78 is 0. The molecule has 0 aliphatic rings. The number of aromatic nitrogens is 1. The van der Waals surface area contributed by atoms with Crippen molar-refractivity contribution in [2.75, 3.05) is 12.3 Å². The van der Waals surface area contributed by atoms with Gasteiger partial charge in [0.05, 0.1) is 5.69 Å². The van der Waals surface area contributed by atoms with Crippen molar-refractivity contribution in [1.82, 2.24) is 4.98 Å². The fourth-order valence-corrected chi connectivity index (χ4v) is 3.46. The van der Waals surface area contributed by atoms with Gasteiger partial charge in [0.15, 0.2) is 0 Å². The maximum absolute atomic E-state index is 5.60. The number of thioether (sulfide) groups is 1. The van der Waals surface area contributed by atoms with Crippen LogP contribution < -0.4 is 5.73 Å². The highest BCUT2D eigenvalue weighted by Crippen LogP contribution is 2.25. The van der Waals surface area contributed by atoms with Crippen molar-refractivity contribution < 1.29 is 0 Å². The highest BCUT2D eigenvalue weighted by Gasteiger charge is 2.05. The summed E-state index contributed by atoms with van der Waals surface area (Å²) in [7, 11) is 0. The third-order valence-electron chi connectivity index (χ3n) is 2.63. The SMILES string of the molecule is CC(CN)CSCc1csc(-c2ccccc2)n1. The fraction of sp³-hybridized carbons (Fsp3) is 0.357. The van der Waals surface area contributed by atoms with Crippen molar-refractivity contribution in [3.63, 3.8) is 0 Å². The molecule has 0 amide bonds. The zero-order valence-corrected chi connectivity index (χ0v) is 12.1. The summed E-state index contributed by atoms with van der Waals surface area (Å²) in [5.74, 6) is 2.67. The first-order chi connectivity index (χ1) is 8.79. The molecule has 2 rings (SSSR count). The first kappa shape index (κ1) is 13.6. The van der Waals surface area contributed by atoms with Crippen molar-refractivity contribution in [2.24, 2.45) is 11.7 Å². The molecule has 2 nitrogen and oxygen atoms in total. The number of nitrogens with two attached hydrogens (primary N) is 1. The van der Waals surface area contributed by atoms with Crippen molar-refractivity contribution in [3.05, 3.63) is 41.4 Å². The quantitative estimate of drug-likeness (QED) is 0.877. The van der Waals surface area contributed by atoms with Crippen molar-refractivity contribution >= 4 is 23.1 Å². The maximum Gasteiger partial charge on any atom is 0.123 e. The molecule has 1 unspecified atom stereocenters. The predicted molar refractivity (Wildman–Crippen MR) is 81.9 cm³/mol. The van der Waals surface area contributed by atoms with Gasteiger partial charge < -0.3 is 5.73 Å². The van der Waals surface area contributed by atoms with Crippen LogP contribution in [0.4, 0.5) is 0 Å². The van der Waals surface area contributed by atoms with E-state index >= 15 is 0 Å². The van der Waals surface area contributed by atoms with Gasteiger partial charge in [-0.15, -0.1) is 11.3 Å². The van der Waals surface area contributed by atoms with E-state index in [0.717, 1.165) is 23.1 Å². The molecule has 2 aromatic rings. The molecule has 0 aliphatic carbocycles. The lowest BCUT2D eigenvalue weighted by molar-refractivity contribution is 0.675. The Morgan fingerprint density at radius 1 is 1.33 bits per heavy atom. The van der Waals surface area contributed by atoms with Crippen LogP contribution in [0.15, 0.2) is 35.7 Å². The number of hydrogen-bond donors (Lipinski definition) is 1. The van der Waals surface area contributed by atoms with Gasteiger partial charge in [-0.2, -0.15) is 11.8 Å². The molecule has 0 bridgehead atoms. The Morgan fingerprint density at radius 2 is 2.11 bits per heavy atom. The Morgan fingerprint density at radius 3 is 2.83 bits per heavy atom. The van der Waals surface area contributed by atoms with Crippen LogP contribution in [-0.4, -0.2) is 17.3 Å². The Labute approximate surface area is 117 Å². The van der Waals surface area contributed by atoms with Gasteiger partial charge in [0.1, 0.15) is 5.01 Å². The van der Waals surface area contributed by atoms with Gasteiger partial charge in [-0.25, -0.2) is 4.98 Å². The van der Waals surface area contributed by atoms with Crippen LogP contribution >= 0.6 is 23.1 Å². The average Bonchev–Trinajstić information content (AvgIpc) is 2.88. The van der Waals surface area contributed by atoms with Crippen LogP contribution in [0, 0.1) is 5.92 Å². The van der Waals surface area contributed by atoms with Crippen LogP contribution in [0.1, 0.15) is 12.6 Å². The largest absolute Gasteiger partial charge is 0.330 e. The van der Waals surface area contributed by atoms with Gasteiger partial charge in [0, 0.05) is 16.7 Å². The summed E-state index contributed by atoms with van der Waals surface area (Å²) in [5.41, 5.74) is 7.98. The Bertz CT molecular complexity index is 468. The van der Waals surface area contributed by atoms with Gasteiger partial charge in [-0.1, -0.05) is 37.3 Å². The third-order valence-corrected chi connectivity index (χ3v) is 4.87. The van der Waals surface area contributed by atoms with Crippen molar-refractivity contribution in [1.29, 1.82) is 0 Å². The Balaban J connectivity index is 1.91. The highest BCUT2D eigenvalue weighted by molar-refractivity contribution is 7.98. The van der Waals surface area contributed by atoms with Gasteiger partial charge in [-0.3, -0.25) is 0 Å². The lowest BCUT2D eigenvalue weighted by atomic mass is 10.2. The van der Waals surface area contributed by atoms with E-state index in [2.05, 4.69) is 29.4 Å². The second-order valence-corrected chi connectivity index (χ2v) is 6.25. The molecule has 0 fully saturated rings. The maximum atomic E-state index is 5.60. The van der Waals surface area contributed by atoms with Crippen LogP contribution in [0.5, 0.6) is 0 Å². The molecule has 1 aromatic carbocycles. The average molecular weight is 278 g/mol. The van der Waals surface area contributed by atoms with E-state index < -0.39 is 0 Å². The molecule has 0 radical (unpaired) electrons. The summed E-state index contributed by atoms with van der Waals surface area (Å²) in [6, 6.07) is 10.3. The molecule has 96 valence electrons. The molecular formula is C14H18N2S2. The first-order valence-corrected chi connectivity index (χ1v) is 8.10. The van der Waals surface area contributed by atoms with E-state index in [4.69, 9.17) is 5.73 Å². The molecule has 2 N–H and O–H groups in total. The first-order valence-electron chi connectivity index (χ1n) is 6.07. The molecule has 18 heavy (non-hydrogen) atoms. The normalized spacial score (nSPS) is 12.6. The number of rotatable bonds is 6. The molecule has 0 aliphatic heterocycles. The molecule has 0 saturated carbocycles. The van der Waals surface area contributed by atoms with Gasteiger partial charge in [0.25, 0.3) is 0 Å². The minimum Gasteiger partial charge on any atom is -0.330 e. The van der Waals surface area contributed by atoms with Gasteiger partial charge in [0.2, 0.25) is 0 Å². The van der Waals surface area contributed by atoms with E-state index in [0.29, 0.717) is 5.92 Å². The standard InChI is InChI=1S/C14H18N2S2/c1-11(7-15)8-17-9-13-10-18-14(16-13)12-5-3-2-4-6-12/h2-6,10-11H,7-9,15H2,1H3. The molecule has 1 atom stereocenters. The van der Waals surface area contributed by atoms with Gasteiger partial charge in [-0.05, 0) is 18.2 Å². The Hall–Kier alpha value is -0.840. The number of thiazole rings is 1. The summed E-state index contributed by atoms with van der Waals surface area (Å²) >= 11 is 3.63. The lowest BCUT2D eigenvalue weighted by Gasteiger charge is -2.05. The van der Waals surface area contributed by atoms with E-state index in [1.807, 2.05) is 30.0 Å². The molecule has 4 heteroatoms. The highest BCUT2D eigenvalue weighted by atomic mass is 32.2. The minimum atomic E-state index is 0.585. The van der Waals surface area contributed by atoms with Crippen LogP contribution in [0.2, 0.25) is 0 Å². The zero-order valence-electron chi connectivity index (χ0n) is 10.5. The number of benzene rings is 1. The van der Waals surface area contributed by atoms with E-state index in [-0.39, 0.29) is 0 Å². The topological polar surface area (TPSA) is 38.9 Å².